The molecule has 0 fully saturated rings. The Kier molecular flexibility index (Phi) is 5.85. The minimum atomic E-state index is 0.935. The van der Waals surface area contributed by atoms with Crippen LogP contribution in [-0.2, 0) is 12.8 Å². The van der Waals surface area contributed by atoms with Gasteiger partial charge in [0.1, 0.15) is 11.5 Å². The van der Waals surface area contributed by atoms with Gasteiger partial charge in [0.05, 0.1) is 12.5 Å². The highest BCUT2D eigenvalue weighted by atomic mass is 16.3. The molecule has 32 heavy (non-hydrogen) atoms. The predicted molar refractivity (Wildman–Crippen MR) is 134 cm³/mol. The number of rotatable bonds is 8. The lowest BCUT2D eigenvalue weighted by atomic mass is 9.99. The van der Waals surface area contributed by atoms with Crippen LogP contribution in [0, 0.1) is 0 Å². The highest BCUT2D eigenvalue weighted by Crippen LogP contribution is 2.39. The molecule has 0 aliphatic heterocycles. The molecule has 0 amide bonds. The van der Waals surface area contributed by atoms with Crippen LogP contribution < -0.4 is 0 Å². The Morgan fingerprint density at radius 1 is 0.562 bits per heavy atom. The molecule has 162 valence electrons. The Morgan fingerprint density at radius 3 is 1.47 bits per heavy atom. The summed E-state index contributed by atoms with van der Waals surface area (Å²) in [6.07, 6.45) is 10.8. The number of hydrogen-bond acceptors (Lipinski definition) is 2. The highest BCUT2D eigenvalue weighted by molar-refractivity contribution is 6.13. The molecule has 0 N–H and O–H groups in total. The van der Waals surface area contributed by atoms with Crippen LogP contribution in [0.1, 0.15) is 50.7 Å². The van der Waals surface area contributed by atoms with Gasteiger partial charge in [0, 0.05) is 32.7 Å². The molecule has 0 unspecified atom stereocenters. The molecular formula is C30H30O2. The third-order valence-electron chi connectivity index (χ3n) is 6.38. The lowest BCUT2D eigenvalue weighted by molar-refractivity contribution is 0.584. The van der Waals surface area contributed by atoms with E-state index < -0.39 is 0 Å². The molecule has 2 aromatic heterocycles. The molecule has 0 radical (unpaired) electrons. The van der Waals surface area contributed by atoms with Crippen LogP contribution in [0.25, 0.3) is 44.2 Å². The van der Waals surface area contributed by atoms with Crippen LogP contribution in [0.2, 0.25) is 0 Å². The van der Waals surface area contributed by atoms with Crippen LogP contribution in [0.5, 0.6) is 0 Å². The van der Waals surface area contributed by atoms with Crippen molar-refractivity contribution in [2.45, 2.75) is 52.4 Å². The van der Waals surface area contributed by atoms with Gasteiger partial charge in [0.15, 0.2) is 0 Å². The molecule has 3 aromatic carbocycles. The summed E-state index contributed by atoms with van der Waals surface area (Å²) in [5, 5.41) is 4.48. The second-order valence-electron chi connectivity index (χ2n) is 8.73. The van der Waals surface area contributed by atoms with E-state index in [0.29, 0.717) is 0 Å². The first-order chi connectivity index (χ1) is 15.8. The molecule has 2 heterocycles. The van der Waals surface area contributed by atoms with Gasteiger partial charge in [0.2, 0.25) is 0 Å². The van der Waals surface area contributed by atoms with Gasteiger partial charge in [0.25, 0.3) is 0 Å². The number of fused-ring (bicyclic) bond motifs is 3. The molecule has 5 aromatic rings. The average molecular weight is 423 g/mol. The van der Waals surface area contributed by atoms with E-state index in [1.807, 2.05) is 12.5 Å². The van der Waals surface area contributed by atoms with Gasteiger partial charge in [-0.25, -0.2) is 0 Å². The summed E-state index contributed by atoms with van der Waals surface area (Å²) in [6.45, 7) is 4.46. The van der Waals surface area contributed by atoms with Crippen molar-refractivity contribution in [3.05, 3.63) is 84.3 Å². The van der Waals surface area contributed by atoms with Crippen molar-refractivity contribution in [3.63, 3.8) is 0 Å². The highest BCUT2D eigenvalue weighted by Gasteiger charge is 2.16. The first-order valence-corrected chi connectivity index (χ1v) is 11.9. The van der Waals surface area contributed by atoms with E-state index >= 15 is 0 Å². The number of furan rings is 2. The standard InChI is InChI=1S/C30H30O2/c1-3-5-9-21-11-7-13-23(17-21)29-25-15-16-26-28(27(25)19-31-29)20-32-30(26)24-14-8-12-22(18-24)10-6-4-2/h7-8,11-20H,3-6,9-10H2,1-2H3. The molecule has 5 rings (SSSR count). The van der Waals surface area contributed by atoms with Crippen LogP contribution in [0.4, 0.5) is 0 Å². The van der Waals surface area contributed by atoms with E-state index in [2.05, 4.69) is 74.5 Å². The largest absolute Gasteiger partial charge is 0.463 e. The van der Waals surface area contributed by atoms with Crippen LogP contribution >= 0.6 is 0 Å². The molecule has 0 aliphatic rings. The monoisotopic (exact) mass is 422 g/mol. The molecule has 2 heteroatoms. The molecule has 0 saturated heterocycles. The van der Waals surface area contributed by atoms with Gasteiger partial charge in [-0.3, -0.25) is 0 Å². The van der Waals surface area contributed by atoms with Crippen molar-refractivity contribution in [1.29, 1.82) is 0 Å². The molecule has 0 atom stereocenters. The fraction of sp³-hybridized carbons (Fsp3) is 0.267. The first-order valence-electron chi connectivity index (χ1n) is 11.9. The smallest absolute Gasteiger partial charge is 0.141 e. The third-order valence-corrected chi connectivity index (χ3v) is 6.38. The summed E-state index contributed by atoms with van der Waals surface area (Å²) in [4.78, 5) is 0. The maximum Gasteiger partial charge on any atom is 0.141 e. The van der Waals surface area contributed by atoms with Crippen molar-refractivity contribution in [2.75, 3.05) is 0 Å². The Hall–Kier alpha value is -3.26. The van der Waals surface area contributed by atoms with E-state index in [0.717, 1.165) is 57.0 Å². The summed E-state index contributed by atoms with van der Waals surface area (Å²) < 4.78 is 12.2. The van der Waals surface area contributed by atoms with E-state index in [1.54, 1.807) is 0 Å². The Labute approximate surface area is 189 Å². The van der Waals surface area contributed by atoms with Gasteiger partial charge in [-0.2, -0.15) is 0 Å². The minimum absolute atomic E-state index is 0.935. The Bertz CT molecular complexity index is 1250. The normalized spacial score (nSPS) is 11.6. The second kappa shape index (κ2) is 9.08. The summed E-state index contributed by atoms with van der Waals surface area (Å²) in [5.74, 6) is 1.87. The quantitative estimate of drug-likeness (QED) is 0.249. The van der Waals surface area contributed by atoms with E-state index in [1.165, 1.54) is 36.8 Å². The average Bonchev–Trinajstić information content (AvgIpc) is 3.46. The maximum atomic E-state index is 6.11. The number of unbranched alkanes of at least 4 members (excludes halogenated alkanes) is 2. The Morgan fingerprint density at radius 2 is 1.03 bits per heavy atom. The molecule has 0 bridgehead atoms. The number of hydrogen-bond donors (Lipinski definition) is 0. The fourth-order valence-corrected chi connectivity index (χ4v) is 4.59. The topological polar surface area (TPSA) is 26.3 Å². The molecule has 0 aliphatic carbocycles. The van der Waals surface area contributed by atoms with Crippen LogP contribution in [0.3, 0.4) is 0 Å². The maximum absolute atomic E-state index is 6.11. The SMILES string of the molecule is CCCCc1cccc(-c2occ3c2ccc2c(-c4cccc(CCCC)c4)occ23)c1. The summed E-state index contributed by atoms with van der Waals surface area (Å²) in [7, 11) is 0. The predicted octanol–water partition coefficient (Wildman–Crippen LogP) is 9.20. The van der Waals surface area contributed by atoms with E-state index in [-0.39, 0.29) is 0 Å². The lowest BCUT2D eigenvalue weighted by Crippen LogP contribution is -1.86. The van der Waals surface area contributed by atoms with Crippen molar-refractivity contribution < 1.29 is 8.83 Å². The number of aryl methyl sites for hydroxylation is 2. The van der Waals surface area contributed by atoms with Gasteiger partial charge >= 0.3 is 0 Å². The first kappa shape index (κ1) is 20.6. The van der Waals surface area contributed by atoms with Gasteiger partial charge < -0.3 is 8.83 Å². The molecule has 0 saturated carbocycles. The second-order valence-corrected chi connectivity index (χ2v) is 8.73. The van der Waals surface area contributed by atoms with Crippen molar-refractivity contribution >= 4 is 21.5 Å². The zero-order valence-corrected chi connectivity index (χ0v) is 19.0. The van der Waals surface area contributed by atoms with Crippen LogP contribution in [0.15, 0.2) is 82.0 Å². The van der Waals surface area contributed by atoms with Crippen molar-refractivity contribution in [2.24, 2.45) is 0 Å². The summed E-state index contributed by atoms with van der Waals surface area (Å²) in [5.41, 5.74) is 5.01. The third kappa shape index (κ3) is 3.86. The summed E-state index contributed by atoms with van der Waals surface area (Å²) in [6, 6.07) is 21.8. The molecule has 0 spiro atoms. The van der Waals surface area contributed by atoms with E-state index in [9.17, 15) is 0 Å². The lowest BCUT2D eigenvalue weighted by Gasteiger charge is -2.04. The van der Waals surface area contributed by atoms with Gasteiger partial charge in [-0.1, -0.05) is 63.1 Å². The van der Waals surface area contributed by atoms with Crippen LogP contribution in [-0.4, -0.2) is 0 Å². The van der Waals surface area contributed by atoms with Gasteiger partial charge in [-0.15, -0.1) is 0 Å². The zero-order chi connectivity index (χ0) is 21.9. The number of benzene rings is 3. The zero-order valence-electron chi connectivity index (χ0n) is 19.0. The van der Waals surface area contributed by atoms with Crippen molar-refractivity contribution in [1.82, 2.24) is 0 Å². The van der Waals surface area contributed by atoms with Crippen molar-refractivity contribution in [3.8, 4) is 22.6 Å². The van der Waals surface area contributed by atoms with E-state index in [4.69, 9.17) is 8.83 Å². The Balaban J connectivity index is 1.54. The molecule has 2 nitrogen and oxygen atoms in total. The molecular weight excluding hydrogens is 392 g/mol. The van der Waals surface area contributed by atoms with Gasteiger partial charge in [-0.05, 0) is 61.1 Å². The summed E-state index contributed by atoms with van der Waals surface area (Å²) >= 11 is 0. The minimum Gasteiger partial charge on any atom is -0.463 e. The fourth-order valence-electron chi connectivity index (χ4n) is 4.59.